The molecule has 5 N–H and O–H groups in total. The number of benzene rings is 1. The van der Waals surface area contributed by atoms with E-state index in [1.165, 1.54) is 6.33 Å². The summed E-state index contributed by atoms with van der Waals surface area (Å²) in [4.78, 5) is 19.2. The van der Waals surface area contributed by atoms with Crippen LogP contribution >= 0.6 is 0 Å². The van der Waals surface area contributed by atoms with Crippen molar-refractivity contribution in [3.63, 3.8) is 0 Å². The van der Waals surface area contributed by atoms with E-state index in [4.69, 9.17) is 11.5 Å². The molecule has 0 radical (unpaired) electrons. The number of carbonyl (C=O) groups is 1. The van der Waals surface area contributed by atoms with E-state index in [-0.39, 0.29) is 0 Å². The third-order valence-corrected chi connectivity index (χ3v) is 2.44. The largest absolute Gasteiger partial charge is 0.399 e. The predicted octanol–water partition coefficient (Wildman–Crippen LogP) is 0.498. The van der Waals surface area contributed by atoms with E-state index in [0.29, 0.717) is 11.5 Å². The lowest BCUT2D eigenvalue weighted by molar-refractivity contribution is -0.118. The molecule has 0 aliphatic carbocycles. The first-order valence-corrected chi connectivity index (χ1v) is 5.14. The third-order valence-electron chi connectivity index (χ3n) is 2.44. The van der Waals surface area contributed by atoms with Gasteiger partial charge in [0.25, 0.3) is 0 Å². The lowest BCUT2D eigenvalue weighted by Crippen LogP contribution is -2.32. The number of anilines is 2. The second-order valence-electron chi connectivity index (χ2n) is 3.77. The molecule has 2 aromatic rings. The summed E-state index contributed by atoms with van der Waals surface area (Å²) < 4.78 is 0. The van der Waals surface area contributed by atoms with Crippen molar-refractivity contribution in [2.45, 2.75) is 13.0 Å². The fourth-order valence-corrected chi connectivity index (χ4v) is 1.47. The van der Waals surface area contributed by atoms with Crippen molar-refractivity contribution in [1.82, 2.24) is 9.97 Å². The minimum atomic E-state index is -0.495. The summed E-state index contributed by atoms with van der Waals surface area (Å²) in [6.07, 6.45) is 1.41. The number of fused-ring (bicyclic) bond motifs is 1. The van der Waals surface area contributed by atoms with Gasteiger partial charge in [-0.05, 0) is 25.1 Å². The van der Waals surface area contributed by atoms with Crippen molar-refractivity contribution < 1.29 is 4.79 Å². The zero-order valence-electron chi connectivity index (χ0n) is 9.34. The molecule has 2 rings (SSSR count). The van der Waals surface area contributed by atoms with Crippen LogP contribution in [0.1, 0.15) is 6.92 Å². The molecule has 0 fully saturated rings. The fraction of sp³-hybridized carbons (Fsp3) is 0.182. The molecule has 6 nitrogen and oxygen atoms in total. The van der Waals surface area contributed by atoms with Crippen LogP contribution in [0.4, 0.5) is 11.5 Å². The van der Waals surface area contributed by atoms with Crippen LogP contribution in [0.3, 0.4) is 0 Å². The van der Waals surface area contributed by atoms with Crippen molar-refractivity contribution in [3.8, 4) is 0 Å². The summed E-state index contributed by atoms with van der Waals surface area (Å²) in [5.41, 5.74) is 12.2. The molecule has 1 heterocycles. The number of nitrogens with zero attached hydrogens (tertiary/aromatic N) is 2. The number of nitrogens with one attached hydrogen (secondary N) is 1. The number of carbonyl (C=O) groups excluding carboxylic acids is 1. The highest BCUT2D eigenvalue weighted by molar-refractivity contribution is 5.92. The van der Waals surface area contributed by atoms with Crippen molar-refractivity contribution in [2.75, 3.05) is 11.1 Å². The maximum Gasteiger partial charge on any atom is 0.239 e. The molecule has 1 atom stereocenters. The molecule has 0 aliphatic rings. The molecular weight excluding hydrogens is 218 g/mol. The van der Waals surface area contributed by atoms with Crippen LogP contribution in [0.15, 0.2) is 24.5 Å². The van der Waals surface area contributed by atoms with Crippen LogP contribution in [0.25, 0.3) is 10.9 Å². The number of rotatable bonds is 3. The smallest absolute Gasteiger partial charge is 0.239 e. The fourth-order valence-electron chi connectivity index (χ4n) is 1.47. The van der Waals surface area contributed by atoms with Gasteiger partial charge >= 0.3 is 0 Å². The monoisotopic (exact) mass is 231 g/mol. The third kappa shape index (κ3) is 2.25. The van der Waals surface area contributed by atoms with E-state index in [2.05, 4.69) is 15.3 Å². The van der Waals surface area contributed by atoms with E-state index in [1.54, 1.807) is 25.1 Å². The van der Waals surface area contributed by atoms with Crippen molar-refractivity contribution in [1.29, 1.82) is 0 Å². The van der Waals surface area contributed by atoms with Gasteiger partial charge in [0.2, 0.25) is 5.91 Å². The topological polar surface area (TPSA) is 107 Å². The molecule has 0 saturated heterocycles. The van der Waals surface area contributed by atoms with Gasteiger partial charge in [-0.1, -0.05) is 0 Å². The number of hydrogen-bond acceptors (Lipinski definition) is 5. The Morgan fingerprint density at radius 3 is 2.88 bits per heavy atom. The first kappa shape index (κ1) is 11.1. The lowest BCUT2D eigenvalue weighted by Gasteiger charge is -2.12. The number of primary amides is 1. The van der Waals surface area contributed by atoms with Crippen LogP contribution in [-0.2, 0) is 4.79 Å². The Labute approximate surface area is 98.0 Å². The normalized spacial score (nSPS) is 12.3. The average molecular weight is 231 g/mol. The molecular formula is C11H13N5O. The van der Waals surface area contributed by atoms with E-state index in [1.807, 2.05) is 0 Å². The van der Waals surface area contributed by atoms with E-state index >= 15 is 0 Å². The summed E-state index contributed by atoms with van der Waals surface area (Å²) in [6, 6.07) is 4.81. The average Bonchev–Trinajstić information content (AvgIpc) is 2.28. The highest BCUT2D eigenvalue weighted by atomic mass is 16.1. The summed E-state index contributed by atoms with van der Waals surface area (Å²) >= 11 is 0. The van der Waals surface area contributed by atoms with Gasteiger partial charge < -0.3 is 16.8 Å². The SMILES string of the molecule is CC(Nc1ncnc2cc(N)ccc12)C(N)=O. The van der Waals surface area contributed by atoms with Gasteiger partial charge in [-0.25, -0.2) is 9.97 Å². The minimum absolute atomic E-state index is 0.438. The van der Waals surface area contributed by atoms with Gasteiger partial charge in [0.05, 0.1) is 5.52 Å². The number of hydrogen-bond donors (Lipinski definition) is 3. The number of nitrogens with two attached hydrogens (primary N) is 2. The second kappa shape index (κ2) is 4.25. The second-order valence-corrected chi connectivity index (χ2v) is 3.77. The Morgan fingerprint density at radius 2 is 2.18 bits per heavy atom. The van der Waals surface area contributed by atoms with Gasteiger partial charge in [-0.3, -0.25) is 4.79 Å². The van der Waals surface area contributed by atoms with Crippen LogP contribution in [0.2, 0.25) is 0 Å². The molecule has 1 aromatic heterocycles. The van der Waals surface area contributed by atoms with Crippen LogP contribution in [0, 0.1) is 0 Å². The maximum absolute atomic E-state index is 11.0. The Morgan fingerprint density at radius 1 is 1.41 bits per heavy atom. The van der Waals surface area contributed by atoms with Crippen molar-refractivity contribution in [2.24, 2.45) is 5.73 Å². The van der Waals surface area contributed by atoms with Crippen LogP contribution in [-0.4, -0.2) is 21.9 Å². The Hall–Kier alpha value is -2.37. The molecule has 6 heteroatoms. The lowest BCUT2D eigenvalue weighted by atomic mass is 10.2. The summed E-state index contributed by atoms with van der Waals surface area (Å²) in [5, 5.41) is 3.74. The standard InChI is InChI=1S/C11H13N5O/c1-6(10(13)17)16-11-8-3-2-7(12)4-9(8)14-5-15-11/h2-6H,12H2,1H3,(H2,13,17)(H,14,15,16). The molecule has 0 bridgehead atoms. The molecule has 0 saturated carbocycles. The van der Waals surface area contributed by atoms with Gasteiger partial charge in [0.15, 0.2) is 0 Å². The highest BCUT2D eigenvalue weighted by Gasteiger charge is 2.11. The summed E-state index contributed by atoms with van der Waals surface area (Å²) in [7, 11) is 0. The Bertz CT molecular complexity index is 569. The van der Waals surface area contributed by atoms with E-state index in [0.717, 1.165) is 10.9 Å². The molecule has 0 spiro atoms. The Balaban J connectivity index is 2.44. The van der Waals surface area contributed by atoms with Crippen molar-refractivity contribution >= 4 is 28.3 Å². The quantitative estimate of drug-likeness (QED) is 0.667. The van der Waals surface area contributed by atoms with Crippen LogP contribution in [0.5, 0.6) is 0 Å². The number of nitrogen functional groups attached to an aromatic ring is 1. The molecule has 88 valence electrons. The van der Waals surface area contributed by atoms with Gasteiger partial charge in [0, 0.05) is 11.1 Å². The summed E-state index contributed by atoms with van der Waals surface area (Å²) in [6.45, 7) is 1.67. The number of amides is 1. The first-order chi connectivity index (χ1) is 8.08. The molecule has 1 unspecified atom stereocenters. The van der Waals surface area contributed by atoms with E-state index in [9.17, 15) is 4.79 Å². The zero-order chi connectivity index (χ0) is 12.4. The predicted molar refractivity (Wildman–Crippen MR) is 66.2 cm³/mol. The molecule has 17 heavy (non-hydrogen) atoms. The van der Waals surface area contributed by atoms with Crippen LogP contribution < -0.4 is 16.8 Å². The van der Waals surface area contributed by atoms with Gasteiger partial charge in [0.1, 0.15) is 18.2 Å². The van der Waals surface area contributed by atoms with Crippen molar-refractivity contribution in [3.05, 3.63) is 24.5 Å². The van der Waals surface area contributed by atoms with E-state index < -0.39 is 11.9 Å². The van der Waals surface area contributed by atoms with Gasteiger partial charge in [-0.15, -0.1) is 0 Å². The maximum atomic E-state index is 11.0. The summed E-state index contributed by atoms with van der Waals surface area (Å²) in [5.74, 6) is 0.133. The molecule has 0 aliphatic heterocycles. The Kier molecular flexibility index (Phi) is 2.78. The van der Waals surface area contributed by atoms with Gasteiger partial charge in [-0.2, -0.15) is 0 Å². The zero-order valence-corrected chi connectivity index (χ0v) is 9.34. The highest BCUT2D eigenvalue weighted by Crippen LogP contribution is 2.21. The first-order valence-electron chi connectivity index (χ1n) is 5.14. The number of aromatic nitrogens is 2. The minimum Gasteiger partial charge on any atom is -0.399 e. The molecule has 1 aromatic carbocycles. The molecule has 1 amide bonds.